The van der Waals surface area contributed by atoms with Crippen molar-refractivity contribution >= 4 is 11.8 Å². The lowest BCUT2D eigenvalue weighted by Crippen LogP contribution is -2.11. The number of ether oxygens (including phenoxy) is 1. The van der Waals surface area contributed by atoms with Crippen LogP contribution in [-0.2, 0) is 6.42 Å². The molecule has 0 radical (unpaired) electrons. The number of rotatable bonds is 8. The fourth-order valence-corrected chi connectivity index (χ4v) is 2.71. The Morgan fingerprint density at radius 3 is 2.69 bits per heavy atom. The van der Waals surface area contributed by atoms with Crippen LogP contribution in [0, 0.1) is 0 Å². The van der Waals surface area contributed by atoms with E-state index in [4.69, 9.17) is 4.74 Å². The van der Waals surface area contributed by atoms with Crippen LogP contribution in [0.4, 0.5) is 11.8 Å². The van der Waals surface area contributed by atoms with Gasteiger partial charge in [0.05, 0.1) is 13.2 Å². The van der Waals surface area contributed by atoms with E-state index in [1.807, 2.05) is 36.4 Å². The molecule has 1 heterocycles. The van der Waals surface area contributed by atoms with Crippen molar-refractivity contribution in [3.63, 3.8) is 0 Å². The highest BCUT2D eigenvalue weighted by Gasteiger charge is 2.07. The summed E-state index contributed by atoms with van der Waals surface area (Å²) in [7, 11) is 1.68. The zero-order valence-electron chi connectivity index (χ0n) is 15.1. The minimum atomic E-state index is 0.142. The molecule has 3 aromatic rings. The molecule has 0 amide bonds. The van der Waals surface area contributed by atoms with Crippen LogP contribution in [0.3, 0.4) is 0 Å². The maximum absolute atomic E-state index is 5.26. The van der Waals surface area contributed by atoms with Crippen LogP contribution < -0.4 is 15.4 Å². The van der Waals surface area contributed by atoms with E-state index in [1.165, 1.54) is 11.1 Å². The van der Waals surface area contributed by atoms with Crippen molar-refractivity contribution in [2.45, 2.75) is 19.4 Å². The monoisotopic (exact) mass is 348 g/mol. The Bertz CT molecular complexity index is 823. The highest BCUT2D eigenvalue weighted by molar-refractivity contribution is 5.41. The maximum Gasteiger partial charge on any atom is 0.225 e. The zero-order chi connectivity index (χ0) is 18.2. The second-order valence-corrected chi connectivity index (χ2v) is 6.07. The highest BCUT2D eigenvalue weighted by atomic mass is 16.5. The van der Waals surface area contributed by atoms with Gasteiger partial charge in [-0.25, -0.2) is 4.98 Å². The first-order chi connectivity index (χ1) is 12.7. The number of methoxy groups -OCH3 is 1. The molecule has 1 aromatic heterocycles. The molecule has 5 nitrogen and oxygen atoms in total. The molecule has 2 N–H and O–H groups in total. The summed E-state index contributed by atoms with van der Waals surface area (Å²) < 4.78 is 5.26. The third-order valence-electron chi connectivity index (χ3n) is 4.15. The maximum atomic E-state index is 5.26. The number of aromatic nitrogens is 2. The number of hydrogen-bond acceptors (Lipinski definition) is 5. The second-order valence-electron chi connectivity index (χ2n) is 6.07. The Morgan fingerprint density at radius 1 is 1.04 bits per heavy atom. The quantitative estimate of drug-likeness (QED) is 0.635. The van der Waals surface area contributed by atoms with Gasteiger partial charge in [0.25, 0.3) is 0 Å². The lowest BCUT2D eigenvalue weighted by molar-refractivity contribution is 0.414. The number of hydrogen-bond donors (Lipinski definition) is 2. The molecule has 1 atom stereocenters. The molecule has 0 spiro atoms. The van der Waals surface area contributed by atoms with Crippen LogP contribution >= 0.6 is 0 Å². The van der Waals surface area contributed by atoms with Crippen molar-refractivity contribution in [2.24, 2.45) is 0 Å². The van der Waals surface area contributed by atoms with E-state index in [-0.39, 0.29) is 6.04 Å². The molecule has 134 valence electrons. The fraction of sp³-hybridized carbons (Fsp3) is 0.238. The average molecular weight is 348 g/mol. The van der Waals surface area contributed by atoms with Crippen LogP contribution in [-0.4, -0.2) is 23.6 Å². The lowest BCUT2D eigenvalue weighted by Gasteiger charge is -2.15. The van der Waals surface area contributed by atoms with Gasteiger partial charge >= 0.3 is 0 Å². The Morgan fingerprint density at radius 2 is 1.88 bits per heavy atom. The summed E-state index contributed by atoms with van der Waals surface area (Å²) in [6, 6.07) is 20.4. The molecule has 0 aliphatic rings. The molecule has 1 unspecified atom stereocenters. The minimum Gasteiger partial charge on any atom is -0.497 e. The summed E-state index contributed by atoms with van der Waals surface area (Å²) in [6.07, 6.45) is 2.66. The van der Waals surface area contributed by atoms with Crippen molar-refractivity contribution in [3.05, 3.63) is 78.0 Å². The summed E-state index contributed by atoms with van der Waals surface area (Å²) in [6.45, 7) is 2.89. The Balaban J connectivity index is 1.55. The first kappa shape index (κ1) is 17.7. The minimum absolute atomic E-state index is 0.142. The van der Waals surface area contributed by atoms with Gasteiger partial charge in [-0.15, -0.1) is 0 Å². The third kappa shape index (κ3) is 4.96. The molecule has 0 aliphatic heterocycles. The Kier molecular flexibility index (Phi) is 6.04. The van der Waals surface area contributed by atoms with Gasteiger partial charge in [0.1, 0.15) is 11.6 Å². The summed E-state index contributed by atoms with van der Waals surface area (Å²) in [5.74, 6) is 2.31. The molecular weight excluding hydrogens is 324 g/mol. The van der Waals surface area contributed by atoms with E-state index in [9.17, 15) is 0 Å². The molecule has 0 fully saturated rings. The van der Waals surface area contributed by atoms with Crippen molar-refractivity contribution in [3.8, 4) is 5.75 Å². The molecule has 5 heteroatoms. The predicted octanol–water partition coefficient (Wildman–Crippen LogP) is 4.31. The first-order valence-electron chi connectivity index (χ1n) is 8.76. The molecule has 26 heavy (non-hydrogen) atoms. The van der Waals surface area contributed by atoms with Gasteiger partial charge in [0.15, 0.2) is 0 Å². The normalized spacial score (nSPS) is 11.6. The average Bonchev–Trinajstić information content (AvgIpc) is 2.69. The van der Waals surface area contributed by atoms with E-state index in [0.29, 0.717) is 5.95 Å². The number of benzene rings is 2. The van der Waals surface area contributed by atoms with Crippen LogP contribution in [0.1, 0.15) is 24.1 Å². The van der Waals surface area contributed by atoms with E-state index < -0.39 is 0 Å². The Hall–Kier alpha value is -3.08. The van der Waals surface area contributed by atoms with Crippen molar-refractivity contribution in [1.82, 2.24) is 9.97 Å². The highest BCUT2D eigenvalue weighted by Crippen LogP contribution is 2.17. The molecule has 0 aliphatic carbocycles. The summed E-state index contributed by atoms with van der Waals surface area (Å²) in [5, 5.41) is 6.70. The summed E-state index contributed by atoms with van der Waals surface area (Å²) in [4.78, 5) is 8.86. The van der Waals surface area contributed by atoms with Gasteiger partial charge in [-0.3, -0.25) is 0 Å². The van der Waals surface area contributed by atoms with Gasteiger partial charge in [0.2, 0.25) is 5.95 Å². The molecular formula is C21H24N4O. The topological polar surface area (TPSA) is 59.1 Å². The molecule has 0 saturated carbocycles. The lowest BCUT2D eigenvalue weighted by atomic mass is 10.1. The second kappa shape index (κ2) is 8.85. The van der Waals surface area contributed by atoms with Gasteiger partial charge in [-0.05, 0) is 42.7 Å². The first-order valence-corrected chi connectivity index (χ1v) is 8.76. The third-order valence-corrected chi connectivity index (χ3v) is 4.15. The van der Waals surface area contributed by atoms with Crippen molar-refractivity contribution in [1.29, 1.82) is 0 Å². The SMILES string of the molecule is COc1cccc(CCNc2ccnc(NC(C)c3ccccc3)n2)c1. The fourth-order valence-electron chi connectivity index (χ4n) is 2.71. The predicted molar refractivity (Wildman–Crippen MR) is 106 cm³/mol. The molecule has 0 bridgehead atoms. The Labute approximate surface area is 154 Å². The largest absolute Gasteiger partial charge is 0.497 e. The number of anilines is 2. The van der Waals surface area contributed by atoms with Crippen LogP contribution in [0.25, 0.3) is 0 Å². The van der Waals surface area contributed by atoms with E-state index >= 15 is 0 Å². The van der Waals surface area contributed by atoms with Gasteiger partial charge in [-0.1, -0.05) is 42.5 Å². The molecule has 2 aromatic carbocycles. The standard InChI is InChI=1S/C21H24N4O/c1-16(18-8-4-3-5-9-18)24-21-23-14-12-20(25-21)22-13-11-17-7-6-10-19(15-17)26-2/h3-10,12,14-16H,11,13H2,1-2H3,(H2,22,23,24,25). The molecule has 0 saturated heterocycles. The van der Waals surface area contributed by atoms with Crippen LogP contribution in [0.2, 0.25) is 0 Å². The van der Waals surface area contributed by atoms with E-state index in [1.54, 1.807) is 13.3 Å². The van der Waals surface area contributed by atoms with Gasteiger partial charge in [-0.2, -0.15) is 4.98 Å². The van der Waals surface area contributed by atoms with Crippen molar-refractivity contribution in [2.75, 3.05) is 24.3 Å². The smallest absolute Gasteiger partial charge is 0.225 e. The van der Waals surface area contributed by atoms with Crippen LogP contribution in [0.15, 0.2) is 66.9 Å². The van der Waals surface area contributed by atoms with Gasteiger partial charge in [0, 0.05) is 12.7 Å². The van der Waals surface area contributed by atoms with E-state index in [2.05, 4.69) is 51.8 Å². The van der Waals surface area contributed by atoms with Crippen molar-refractivity contribution < 1.29 is 4.74 Å². The summed E-state index contributed by atoms with van der Waals surface area (Å²) in [5.41, 5.74) is 2.43. The molecule has 3 rings (SSSR count). The zero-order valence-corrected chi connectivity index (χ0v) is 15.1. The summed E-state index contributed by atoms with van der Waals surface area (Å²) >= 11 is 0. The van der Waals surface area contributed by atoms with Crippen LogP contribution in [0.5, 0.6) is 5.75 Å². The number of nitrogens with zero attached hydrogens (tertiary/aromatic N) is 2. The van der Waals surface area contributed by atoms with E-state index in [0.717, 1.165) is 24.5 Å². The van der Waals surface area contributed by atoms with Gasteiger partial charge < -0.3 is 15.4 Å². The number of nitrogens with one attached hydrogen (secondary N) is 2.